The highest BCUT2D eigenvalue weighted by Crippen LogP contribution is 2.16. The highest BCUT2D eigenvalue weighted by Gasteiger charge is 2.16. The molecule has 0 aliphatic carbocycles. The van der Waals surface area contributed by atoms with Gasteiger partial charge in [-0.25, -0.2) is 4.39 Å². The summed E-state index contributed by atoms with van der Waals surface area (Å²) in [5.41, 5.74) is 3.40. The van der Waals surface area contributed by atoms with Crippen LogP contribution in [0.4, 0.5) is 4.39 Å². The zero-order valence-electron chi connectivity index (χ0n) is 18.6. The van der Waals surface area contributed by atoms with Crippen molar-refractivity contribution in [1.82, 2.24) is 15.5 Å². The van der Waals surface area contributed by atoms with Crippen molar-refractivity contribution < 1.29 is 9.13 Å². The van der Waals surface area contributed by atoms with Gasteiger partial charge in [0.15, 0.2) is 0 Å². The fourth-order valence-electron chi connectivity index (χ4n) is 3.71. The molecular weight excluding hydrogens is 377 g/mol. The van der Waals surface area contributed by atoms with Crippen LogP contribution in [0.15, 0.2) is 42.5 Å². The predicted octanol–water partition coefficient (Wildman–Crippen LogP) is 4.33. The predicted molar refractivity (Wildman–Crippen MR) is 121 cm³/mol. The normalized spacial score (nSPS) is 15.6. The van der Waals surface area contributed by atoms with E-state index in [-0.39, 0.29) is 5.82 Å². The van der Waals surface area contributed by atoms with Gasteiger partial charge in [-0.1, -0.05) is 32.0 Å². The van der Waals surface area contributed by atoms with E-state index in [2.05, 4.69) is 48.6 Å². The number of hydrogen-bond donors (Lipinski definition) is 2. The Morgan fingerprint density at radius 3 is 2.43 bits per heavy atom. The van der Waals surface area contributed by atoms with Gasteiger partial charge in [-0.3, -0.25) is 0 Å². The minimum absolute atomic E-state index is 0.170. The number of likely N-dealkylation sites (tertiary alicyclic amines) is 1. The van der Waals surface area contributed by atoms with Crippen molar-refractivity contribution in [2.75, 3.05) is 26.7 Å². The number of nitrogens with zero attached hydrogens (tertiary/aromatic N) is 1. The van der Waals surface area contributed by atoms with E-state index in [1.807, 2.05) is 18.2 Å². The van der Waals surface area contributed by atoms with Crippen molar-refractivity contribution in [3.8, 4) is 5.75 Å². The zero-order chi connectivity index (χ0) is 21.3. The zero-order valence-corrected chi connectivity index (χ0v) is 18.6. The largest absolute Gasteiger partial charge is 0.493 e. The second-order valence-electron chi connectivity index (χ2n) is 8.82. The van der Waals surface area contributed by atoms with Crippen LogP contribution < -0.4 is 15.4 Å². The van der Waals surface area contributed by atoms with Crippen LogP contribution in [-0.4, -0.2) is 37.7 Å². The first-order chi connectivity index (χ1) is 14.5. The van der Waals surface area contributed by atoms with Crippen LogP contribution in [-0.2, 0) is 19.6 Å². The summed E-state index contributed by atoms with van der Waals surface area (Å²) in [6.45, 7) is 9.46. The fourth-order valence-corrected chi connectivity index (χ4v) is 3.71. The average Bonchev–Trinajstić information content (AvgIpc) is 2.74. The SMILES string of the molecule is CC(C)COc1ccc(CNCc2ccc(F)cc2CNC2CCN(C)CC2)cc1. The lowest BCUT2D eigenvalue weighted by atomic mass is 10.0. The minimum atomic E-state index is -0.170. The average molecular weight is 414 g/mol. The molecule has 1 heterocycles. The van der Waals surface area contributed by atoms with Crippen LogP contribution in [0.3, 0.4) is 0 Å². The Kier molecular flexibility index (Phi) is 8.67. The van der Waals surface area contributed by atoms with Gasteiger partial charge in [-0.15, -0.1) is 0 Å². The van der Waals surface area contributed by atoms with Crippen molar-refractivity contribution in [3.63, 3.8) is 0 Å². The molecule has 0 amide bonds. The van der Waals surface area contributed by atoms with E-state index >= 15 is 0 Å². The summed E-state index contributed by atoms with van der Waals surface area (Å²) in [4.78, 5) is 2.36. The number of halogens is 1. The summed E-state index contributed by atoms with van der Waals surface area (Å²) in [6, 6.07) is 13.9. The molecule has 0 bridgehead atoms. The molecule has 1 aliphatic heterocycles. The maximum Gasteiger partial charge on any atom is 0.123 e. The van der Waals surface area contributed by atoms with Gasteiger partial charge in [0.2, 0.25) is 0 Å². The second kappa shape index (κ2) is 11.4. The molecule has 30 heavy (non-hydrogen) atoms. The molecule has 0 radical (unpaired) electrons. The summed E-state index contributed by atoms with van der Waals surface area (Å²) in [5.74, 6) is 1.26. The Balaban J connectivity index is 1.49. The number of hydrogen-bond acceptors (Lipinski definition) is 4. The monoisotopic (exact) mass is 413 g/mol. The van der Waals surface area contributed by atoms with Gasteiger partial charge >= 0.3 is 0 Å². The third kappa shape index (κ3) is 7.38. The third-order valence-electron chi connectivity index (χ3n) is 5.62. The van der Waals surface area contributed by atoms with E-state index in [0.29, 0.717) is 18.5 Å². The van der Waals surface area contributed by atoms with Crippen molar-refractivity contribution in [2.45, 2.75) is 52.4 Å². The maximum atomic E-state index is 13.8. The first-order valence-corrected chi connectivity index (χ1v) is 11.1. The maximum absolute atomic E-state index is 13.8. The first kappa shape index (κ1) is 22.7. The standard InChI is InChI=1S/C25H36FN3O/c1-19(2)18-30-25-8-4-20(5-9-25)15-27-16-21-6-7-23(26)14-22(21)17-28-24-10-12-29(3)13-11-24/h4-9,14,19,24,27-28H,10-13,15-18H2,1-3H3. The van der Waals surface area contributed by atoms with E-state index in [0.717, 1.165) is 62.5 Å². The van der Waals surface area contributed by atoms with Gasteiger partial charge in [-0.2, -0.15) is 0 Å². The summed E-state index contributed by atoms with van der Waals surface area (Å²) < 4.78 is 19.6. The molecule has 0 atom stereocenters. The van der Waals surface area contributed by atoms with Gasteiger partial charge < -0.3 is 20.3 Å². The molecule has 3 rings (SSSR count). The molecular formula is C25H36FN3O. The van der Waals surface area contributed by atoms with Crippen molar-refractivity contribution >= 4 is 0 Å². The van der Waals surface area contributed by atoms with Crippen LogP contribution in [0.25, 0.3) is 0 Å². The van der Waals surface area contributed by atoms with Gasteiger partial charge in [-0.05, 0) is 79.9 Å². The molecule has 0 unspecified atom stereocenters. The summed E-state index contributed by atoms with van der Waals surface area (Å²) in [7, 11) is 2.17. The first-order valence-electron chi connectivity index (χ1n) is 11.1. The molecule has 5 heteroatoms. The number of benzene rings is 2. The van der Waals surface area contributed by atoms with Crippen LogP contribution in [0.2, 0.25) is 0 Å². The van der Waals surface area contributed by atoms with E-state index in [9.17, 15) is 4.39 Å². The molecule has 1 fully saturated rings. The molecule has 2 aromatic carbocycles. The third-order valence-corrected chi connectivity index (χ3v) is 5.62. The molecule has 2 N–H and O–H groups in total. The topological polar surface area (TPSA) is 36.5 Å². The number of nitrogens with one attached hydrogen (secondary N) is 2. The molecule has 4 nitrogen and oxygen atoms in total. The number of rotatable bonds is 10. The van der Waals surface area contributed by atoms with E-state index < -0.39 is 0 Å². The lowest BCUT2D eigenvalue weighted by Crippen LogP contribution is -2.40. The Labute approximate surface area is 180 Å². The Bertz CT molecular complexity index is 770. The molecule has 1 saturated heterocycles. The van der Waals surface area contributed by atoms with Crippen LogP contribution >= 0.6 is 0 Å². The quantitative estimate of drug-likeness (QED) is 0.608. The number of piperidine rings is 1. The second-order valence-corrected chi connectivity index (χ2v) is 8.82. The Morgan fingerprint density at radius 1 is 1.00 bits per heavy atom. The van der Waals surface area contributed by atoms with Gasteiger partial charge in [0, 0.05) is 25.7 Å². The Morgan fingerprint density at radius 2 is 1.73 bits per heavy atom. The van der Waals surface area contributed by atoms with E-state index in [1.54, 1.807) is 12.1 Å². The highest BCUT2D eigenvalue weighted by atomic mass is 19.1. The fraction of sp³-hybridized carbons (Fsp3) is 0.520. The summed E-state index contributed by atoms with van der Waals surface area (Å²) in [6.07, 6.45) is 2.30. The van der Waals surface area contributed by atoms with Crippen LogP contribution in [0, 0.1) is 11.7 Å². The van der Waals surface area contributed by atoms with Crippen LogP contribution in [0.1, 0.15) is 43.4 Å². The highest BCUT2D eigenvalue weighted by molar-refractivity contribution is 5.29. The number of ether oxygens (including phenoxy) is 1. The molecule has 2 aromatic rings. The lowest BCUT2D eigenvalue weighted by Gasteiger charge is -2.29. The van der Waals surface area contributed by atoms with Crippen LogP contribution in [0.5, 0.6) is 5.75 Å². The van der Waals surface area contributed by atoms with Crippen molar-refractivity contribution in [1.29, 1.82) is 0 Å². The Hall–Kier alpha value is -1.95. The summed E-state index contributed by atoms with van der Waals surface area (Å²) >= 11 is 0. The van der Waals surface area contributed by atoms with Gasteiger partial charge in [0.05, 0.1) is 6.61 Å². The molecule has 0 spiro atoms. The molecule has 1 aliphatic rings. The summed E-state index contributed by atoms with van der Waals surface area (Å²) in [5, 5.41) is 7.12. The van der Waals surface area contributed by atoms with Crippen molar-refractivity contribution in [3.05, 3.63) is 65.0 Å². The molecule has 164 valence electrons. The smallest absolute Gasteiger partial charge is 0.123 e. The van der Waals surface area contributed by atoms with Gasteiger partial charge in [0.25, 0.3) is 0 Å². The van der Waals surface area contributed by atoms with E-state index in [1.165, 1.54) is 5.56 Å². The van der Waals surface area contributed by atoms with Gasteiger partial charge in [0.1, 0.15) is 11.6 Å². The van der Waals surface area contributed by atoms with E-state index in [4.69, 9.17) is 4.74 Å². The molecule has 0 saturated carbocycles. The minimum Gasteiger partial charge on any atom is -0.493 e. The van der Waals surface area contributed by atoms with Crippen molar-refractivity contribution in [2.24, 2.45) is 5.92 Å². The molecule has 0 aromatic heterocycles. The lowest BCUT2D eigenvalue weighted by molar-refractivity contribution is 0.234.